The minimum absolute atomic E-state index is 0.232. The predicted octanol–water partition coefficient (Wildman–Crippen LogP) is 2.24. The molecule has 0 bridgehead atoms. The van der Waals surface area contributed by atoms with Crippen molar-refractivity contribution in [3.8, 4) is 0 Å². The van der Waals surface area contributed by atoms with Gasteiger partial charge in [0, 0.05) is 35.9 Å². The van der Waals surface area contributed by atoms with Gasteiger partial charge in [-0.25, -0.2) is 8.42 Å². The molecule has 7 heteroatoms. The van der Waals surface area contributed by atoms with Gasteiger partial charge in [-0.2, -0.15) is 4.31 Å². The van der Waals surface area contributed by atoms with Crippen LogP contribution in [0.15, 0.2) is 16.3 Å². The maximum absolute atomic E-state index is 12.7. The molecular formula is C13H21ClN2O2S2. The summed E-state index contributed by atoms with van der Waals surface area (Å²) >= 11 is 7.04. The Labute approximate surface area is 130 Å². The Hall–Kier alpha value is -0.140. The van der Waals surface area contributed by atoms with Gasteiger partial charge in [-0.3, -0.25) is 4.90 Å². The van der Waals surface area contributed by atoms with Crippen LogP contribution in [0, 0.1) is 0 Å². The van der Waals surface area contributed by atoms with Gasteiger partial charge in [-0.1, -0.05) is 0 Å². The molecule has 1 aliphatic rings. The summed E-state index contributed by atoms with van der Waals surface area (Å²) < 4.78 is 27.4. The number of sulfonamides is 1. The molecule has 0 amide bonds. The molecule has 1 fully saturated rings. The normalized spacial score (nSPS) is 26.0. The Morgan fingerprint density at radius 3 is 2.45 bits per heavy atom. The minimum atomic E-state index is -3.37. The second-order valence-electron chi connectivity index (χ2n) is 5.35. The molecule has 0 radical (unpaired) electrons. The van der Waals surface area contributed by atoms with Gasteiger partial charge < -0.3 is 0 Å². The van der Waals surface area contributed by atoms with Crippen LogP contribution in [0.1, 0.15) is 18.7 Å². The molecular weight excluding hydrogens is 316 g/mol. The van der Waals surface area contributed by atoms with Crippen molar-refractivity contribution in [2.75, 3.05) is 26.0 Å². The zero-order valence-electron chi connectivity index (χ0n) is 12.0. The highest BCUT2D eigenvalue weighted by Crippen LogP contribution is 2.28. The molecule has 0 spiro atoms. The highest BCUT2D eigenvalue weighted by molar-refractivity contribution is 7.91. The van der Waals surface area contributed by atoms with Gasteiger partial charge in [0.2, 0.25) is 0 Å². The molecule has 1 aromatic heterocycles. The van der Waals surface area contributed by atoms with Crippen molar-refractivity contribution >= 4 is 33.0 Å². The summed E-state index contributed by atoms with van der Waals surface area (Å²) in [7, 11) is -1.32. The van der Waals surface area contributed by atoms with Gasteiger partial charge in [0.25, 0.3) is 10.0 Å². The zero-order chi connectivity index (χ0) is 14.9. The van der Waals surface area contributed by atoms with Crippen LogP contribution in [0.25, 0.3) is 0 Å². The molecule has 0 aromatic carbocycles. The van der Waals surface area contributed by atoms with Crippen molar-refractivity contribution in [3.63, 3.8) is 0 Å². The van der Waals surface area contributed by atoms with E-state index >= 15 is 0 Å². The number of rotatable bonds is 4. The molecule has 2 atom stereocenters. The minimum Gasteiger partial charge on any atom is -0.298 e. The maximum atomic E-state index is 12.7. The van der Waals surface area contributed by atoms with Crippen LogP contribution in [-0.2, 0) is 16.4 Å². The summed E-state index contributed by atoms with van der Waals surface area (Å²) in [5.74, 6) is 0.516. The third kappa shape index (κ3) is 3.20. The number of hydrogen-bond donors (Lipinski definition) is 0. The number of alkyl halides is 1. The molecule has 4 nitrogen and oxygen atoms in total. The first-order valence-electron chi connectivity index (χ1n) is 6.73. The third-order valence-corrected chi connectivity index (χ3v) is 7.53. The number of likely N-dealkylation sites (N-methyl/N-ethyl adjacent to an activating group) is 1. The van der Waals surface area contributed by atoms with Crippen LogP contribution < -0.4 is 0 Å². The lowest BCUT2D eigenvalue weighted by atomic mass is 10.1. The summed E-state index contributed by atoms with van der Waals surface area (Å²) in [5.41, 5.74) is 0. The average Bonchev–Trinajstić information content (AvgIpc) is 2.85. The topological polar surface area (TPSA) is 40.6 Å². The van der Waals surface area contributed by atoms with E-state index in [2.05, 4.69) is 18.7 Å². The van der Waals surface area contributed by atoms with E-state index in [-0.39, 0.29) is 12.1 Å². The largest absolute Gasteiger partial charge is 0.298 e. The van der Waals surface area contributed by atoms with E-state index in [4.69, 9.17) is 11.6 Å². The fourth-order valence-corrected chi connectivity index (χ4v) is 5.83. The monoisotopic (exact) mass is 336 g/mol. The van der Waals surface area contributed by atoms with Gasteiger partial charge in [-0.15, -0.1) is 22.9 Å². The molecule has 20 heavy (non-hydrogen) atoms. The van der Waals surface area contributed by atoms with E-state index < -0.39 is 10.0 Å². The first kappa shape index (κ1) is 16.2. The van der Waals surface area contributed by atoms with E-state index in [1.807, 2.05) is 13.1 Å². The Balaban J connectivity index is 2.21. The fourth-order valence-electron chi connectivity index (χ4n) is 2.40. The van der Waals surface area contributed by atoms with Crippen molar-refractivity contribution in [1.29, 1.82) is 0 Å². The van der Waals surface area contributed by atoms with Crippen LogP contribution in [0.4, 0.5) is 0 Å². The summed E-state index contributed by atoms with van der Waals surface area (Å²) in [5, 5.41) is 0. The number of piperazine rings is 1. The number of halogens is 1. The van der Waals surface area contributed by atoms with E-state index in [0.717, 1.165) is 11.3 Å². The molecule has 2 rings (SSSR count). The Bertz CT molecular complexity index is 546. The number of aryl methyl sites for hydroxylation is 1. The summed E-state index contributed by atoms with van der Waals surface area (Å²) in [6.45, 7) is 5.22. The predicted molar refractivity (Wildman–Crippen MR) is 84.2 cm³/mol. The third-order valence-electron chi connectivity index (χ3n) is 3.90. The van der Waals surface area contributed by atoms with Gasteiger partial charge in [-0.05, 0) is 39.4 Å². The molecule has 2 unspecified atom stereocenters. The molecule has 2 heterocycles. The molecule has 0 N–H and O–H groups in total. The van der Waals surface area contributed by atoms with E-state index in [1.54, 1.807) is 10.4 Å². The van der Waals surface area contributed by atoms with E-state index in [9.17, 15) is 8.42 Å². The fraction of sp³-hybridized carbons (Fsp3) is 0.692. The van der Waals surface area contributed by atoms with Crippen LogP contribution in [0.2, 0.25) is 0 Å². The second kappa shape index (κ2) is 6.32. The highest BCUT2D eigenvalue weighted by atomic mass is 35.5. The van der Waals surface area contributed by atoms with E-state index in [1.165, 1.54) is 11.3 Å². The summed E-state index contributed by atoms with van der Waals surface area (Å²) in [4.78, 5) is 3.24. The maximum Gasteiger partial charge on any atom is 0.252 e. The van der Waals surface area contributed by atoms with Crippen LogP contribution in [-0.4, -0.2) is 55.7 Å². The van der Waals surface area contributed by atoms with Gasteiger partial charge in [0.1, 0.15) is 4.21 Å². The smallest absolute Gasteiger partial charge is 0.252 e. The lowest BCUT2D eigenvalue weighted by Gasteiger charge is -2.41. The first-order chi connectivity index (χ1) is 9.36. The number of thiophene rings is 1. The van der Waals surface area contributed by atoms with Crippen LogP contribution >= 0.6 is 22.9 Å². The quantitative estimate of drug-likeness (QED) is 0.792. The Morgan fingerprint density at radius 1 is 1.30 bits per heavy atom. The molecule has 0 saturated carbocycles. The molecule has 1 aromatic rings. The molecule has 1 saturated heterocycles. The summed E-state index contributed by atoms with van der Waals surface area (Å²) in [6, 6.07) is 4.03. The van der Waals surface area contributed by atoms with Crippen molar-refractivity contribution in [2.45, 2.75) is 36.6 Å². The zero-order valence-corrected chi connectivity index (χ0v) is 14.4. The molecule has 1 aliphatic heterocycles. The van der Waals surface area contributed by atoms with Crippen molar-refractivity contribution in [3.05, 3.63) is 17.0 Å². The Kier molecular flexibility index (Phi) is 5.13. The number of hydrogen-bond acceptors (Lipinski definition) is 4. The average molecular weight is 337 g/mol. The van der Waals surface area contributed by atoms with E-state index in [0.29, 0.717) is 23.2 Å². The lowest BCUT2D eigenvalue weighted by Crippen LogP contribution is -2.56. The number of nitrogens with zero attached hydrogens (tertiary/aromatic N) is 2. The van der Waals surface area contributed by atoms with Crippen LogP contribution in [0.5, 0.6) is 0 Å². The van der Waals surface area contributed by atoms with Gasteiger partial charge >= 0.3 is 0 Å². The van der Waals surface area contributed by atoms with Gasteiger partial charge in [0.05, 0.1) is 0 Å². The highest BCUT2D eigenvalue weighted by Gasteiger charge is 2.35. The molecule has 0 aliphatic carbocycles. The Morgan fingerprint density at radius 2 is 1.90 bits per heavy atom. The molecule has 114 valence electrons. The lowest BCUT2D eigenvalue weighted by molar-refractivity contribution is 0.105. The van der Waals surface area contributed by atoms with Gasteiger partial charge in [0.15, 0.2) is 0 Å². The second-order valence-corrected chi connectivity index (χ2v) is 9.06. The van der Waals surface area contributed by atoms with Crippen LogP contribution in [0.3, 0.4) is 0 Å². The van der Waals surface area contributed by atoms with Crippen molar-refractivity contribution in [2.24, 2.45) is 0 Å². The SMILES string of the molecule is CC1CN(S(=O)(=O)c2ccc(CCCl)s2)CC(C)N1C. The van der Waals surface area contributed by atoms with Crippen molar-refractivity contribution < 1.29 is 8.42 Å². The standard InChI is InChI=1S/C13H21ClN2O2S2/c1-10-8-16(9-11(2)15(10)3)20(17,18)13-5-4-12(19-13)6-7-14/h4-5,10-11H,6-9H2,1-3H3. The first-order valence-corrected chi connectivity index (χ1v) is 9.52. The summed E-state index contributed by atoms with van der Waals surface area (Å²) in [6.07, 6.45) is 0.720. The van der Waals surface area contributed by atoms with Crippen molar-refractivity contribution in [1.82, 2.24) is 9.21 Å².